The molecule has 0 saturated carbocycles. The third-order valence-corrected chi connectivity index (χ3v) is 6.22. The van der Waals surface area contributed by atoms with Gasteiger partial charge in [-0.3, -0.25) is 14.7 Å². The zero-order chi connectivity index (χ0) is 17.6. The predicted octanol–water partition coefficient (Wildman–Crippen LogP) is 1.90. The van der Waals surface area contributed by atoms with Crippen LogP contribution in [0.15, 0.2) is 16.4 Å². The van der Waals surface area contributed by atoms with Gasteiger partial charge in [-0.05, 0) is 49.4 Å². The third-order valence-electron chi connectivity index (χ3n) is 5.20. The molecular weight excluding hydrogens is 461 g/mol. The number of rotatable bonds is 5. The monoisotopic (exact) mass is 491 g/mol. The van der Waals surface area contributed by atoms with E-state index in [1.807, 2.05) is 4.90 Å². The molecule has 0 aliphatic carbocycles. The van der Waals surface area contributed by atoms with Crippen LogP contribution in [-0.4, -0.2) is 67.5 Å². The van der Waals surface area contributed by atoms with Crippen LogP contribution in [0.5, 0.6) is 0 Å². The van der Waals surface area contributed by atoms with Crippen LogP contribution in [0.4, 0.5) is 0 Å². The maximum atomic E-state index is 12.5. The van der Waals surface area contributed by atoms with Crippen molar-refractivity contribution in [1.82, 2.24) is 20.4 Å². The second kappa shape index (κ2) is 10.5. The molecule has 26 heavy (non-hydrogen) atoms. The number of hydrogen-bond acceptors (Lipinski definition) is 4. The number of hydrogen-bond donors (Lipinski definition) is 2. The molecule has 3 heterocycles. The van der Waals surface area contributed by atoms with Crippen molar-refractivity contribution >= 4 is 47.2 Å². The summed E-state index contributed by atoms with van der Waals surface area (Å²) < 4.78 is 0. The average Bonchev–Trinajstić information content (AvgIpc) is 3.29. The van der Waals surface area contributed by atoms with Crippen LogP contribution in [0.1, 0.15) is 30.2 Å². The van der Waals surface area contributed by atoms with Crippen molar-refractivity contribution in [1.29, 1.82) is 0 Å². The molecule has 2 aliphatic heterocycles. The molecule has 1 unspecified atom stereocenters. The molecule has 1 amide bonds. The van der Waals surface area contributed by atoms with Gasteiger partial charge in [0.25, 0.3) is 0 Å². The van der Waals surface area contributed by atoms with Gasteiger partial charge in [-0.2, -0.15) is 0 Å². The SMILES string of the molecule is CCN1CCCC1CNC(=NC)NCC(=O)N1CCc2sccc2C1.I. The van der Waals surface area contributed by atoms with Crippen molar-refractivity contribution in [3.8, 4) is 0 Å². The molecule has 1 saturated heterocycles. The summed E-state index contributed by atoms with van der Waals surface area (Å²) in [4.78, 5) is 22.6. The predicted molar refractivity (Wildman–Crippen MR) is 118 cm³/mol. The summed E-state index contributed by atoms with van der Waals surface area (Å²) in [5.41, 5.74) is 1.30. The number of carbonyl (C=O) groups excluding carboxylic acids is 1. The molecule has 2 aliphatic rings. The smallest absolute Gasteiger partial charge is 0.242 e. The number of likely N-dealkylation sites (tertiary alicyclic amines) is 1. The number of aliphatic imine (C=N–C) groups is 1. The van der Waals surface area contributed by atoms with Gasteiger partial charge in [0.1, 0.15) is 0 Å². The highest BCUT2D eigenvalue weighted by Gasteiger charge is 2.24. The van der Waals surface area contributed by atoms with Gasteiger partial charge in [-0.15, -0.1) is 35.3 Å². The van der Waals surface area contributed by atoms with Crippen molar-refractivity contribution in [2.24, 2.45) is 4.99 Å². The lowest BCUT2D eigenvalue weighted by molar-refractivity contribution is -0.130. The highest BCUT2D eigenvalue weighted by molar-refractivity contribution is 14.0. The van der Waals surface area contributed by atoms with Gasteiger partial charge in [-0.25, -0.2) is 0 Å². The van der Waals surface area contributed by atoms with Crippen LogP contribution in [0.3, 0.4) is 0 Å². The fourth-order valence-electron chi connectivity index (χ4n) is 3.71. The van der Waals surface area contributed by atoms with E-state index >= 15 is 0 Å². The number of guanidine groups is 1. The number of carbonyl (C=O) groups is 1. The Morgan fingerprint density at radius 2 is 2.23 bits per heavy atom. The largest absolute Gasteiger partial charge is 0.355 e. The number of halogens is 1. The van der Waals surface area contributed by atoms with Crippen LogP contribution < -0.4 is 10.6 Å². The maximum absolute atomic E-state index is 12.5. The zero-order valence-electron chi connectivity index (χ0n) is 15.7. The van der Waals surface area contributed by atoms with Crippen LogP contribution in [-0.2, 0) is 17.8 Å². The molecule has 1 atom stereocenters. The van der Waals surface area contributed by atoms with Crippen molar-refractivity contribution in [3.05, 3.63) is 21.9 Å². The van der Waals surface area contributed by atoms with Crippen LogP contribution >= 0.6 is 35.3 Å². The third kappa shape index (κ3) is 5.32. The Balaban J connectivity index is 0.00000243. The van der Waals surface area contributed by atoms with Crippen molar-refractivity contribution in [3.63, 3.8) is 0 Å². The molecule has 1 aromatic rings. The molecule has 146 valence electrons. The molecule has 0 radical (unpaired) electrons. The van der Waals surface area contributed by atoms with Crippen LogP contribution in [0.2, 0.25) is 0 Å². The minimum absolute atomic E-state index is 0. The molecule has 1 aromatic heterocycles. The van der Waals surface area contributed by atoms with E-state index in [1.54, 1.807) is 18.4 Å². The molecule has 1 fully saturated rings. The Morgan fingerprint density at radius 3 is 3.00 bits per heavy atom. The number of thiophene rings is 1. The van der Waals surface area contributed by atoms with Gasteiger partial charge in [0.05, 0.1) is 6.54 Å². The molecular formula is C18H30IN5OS. The Hall–Kier alpha value is -0.870. The summed E-state index contributed by atoms with van der Waals surface area (Å²) in [6.45, 7) is 7.21. The number of likely N-dealkylation sites (N-methyl/N-ethyl adjacent to an activating group) is 1. The molecule has 0 bridgehead atoms. The molecule has 0 spiro atoms. The first-order valence-electron chi connectivity index (χ1n) is 9.22. The van der Waals surface area contributed by atoms with Gasteiger partial charge in [0.15, 0.2) is 5.96 Å². The van der Waals surface area contributed by atoms with Gasteiger partial charge in [0.2, 0.25) is 5.91 Å². The zero-order valence-corrected chi connectivity index (χ0v) is 18.8. The lowest BCUT2D eigenvalue weighted by Crippen LogP contribution is -2.48. The summed E-state index contributed by atoms with van der Waals surface area (Å²) in [6, 6.07) is 2.70. The molecule has 8 heteroatoms. The van der Waals surface area contributed by atoms with E-state index in [9.17, 15) is 4.79 Å². The number of nitrogens with zero attached hydrogens (tertiary/aromatic N) is 3. The summed E-state index contributed by atoms with van der Waals surface area (Å²) in [5, 5.41) is 8.66. The first-order valence-corrected chi connectivity index (χ1v) is 10.1. The molecule has 3 rings (SSSR count). The van der Waals surface area contributed by atoms with E-state index in [-0.39, 0.29) is 29.9 Å². The number of nitrogens with one attached hydrogen (secondary N) is 2. The Morgan fingerprint density at radius 1 is 1.38 bits per heavy atom. The van der Waals surface area contributed by atoms with E-state index in [0.29, 0.717) is 18.5 Å². The van der Waals surface area contributed by atoms with E-state index in [1.165, 1.54) is 29.8 Å². The van der Waals surface area contributed by atoms with E-state index in [4.69, 9.17) is 0 Å². The van der Waals surface area contributed by atoms with E-state index in [0.717, 1.165) is 32.6 Å². The summed E-state index contributed by atoms with van der Waals surface area (Å²) in [5.74, 6) is 0.848. The van der Waals surface area contributed by atoms with Gasteiger partial charge in [-0.1, -0.05) is 6.92 Å². The Labute approximate surface area is 177 Å². The lowest BCUT2D eigenvalue weighted by Gasteiger charge is -2.27. The lowest BCUT2D eigenvalue weighted by atomic mass is 10.1. The van der Waals surface area contributed by atoms with E-state index < -0.39 is 0 Å². The molecule has 6 nitrogen and oxygen atoms in total. The van der Waals surface area contributed by atoms with Crippen LogP contribution in [0.25, 0.3) is 0 Å². The van der Waals surface area contributed by atoms with Crippen molar-refractivity contribution in [2.75, 3.05) is 39.8 Å². The summed E-state index contributed by atoms with van der Waals surface area (Å²) in [7, 11) is 1.75. The number of amides is 1. The second-order valence-corrected chi connectivity index (χ2v) is 7.67. The fraction of sp³-hybridized carbons (Fsp3) is 0.667. The van der Waals surface area contributed by atoms with Gasteiger partial charge < -0.3 is 15.5 Å². The number of fused-ring (bicyclic) bond motifs is 1. The fourth-order valence-corrected chi connectivity index (χ4v) is 4.60. The van der Waals surface area contributed by atoms with Gasteiger partial charge >= 0.3 is 0 Å². The second-order valence-electron chi connectivity index (χ2n) is 6.67. The summed E-state index contributed by atoms with van der Waals surface area (Å²) >= 11 is 1.79. The minimum atomic E-state index is 0. The highest BCUT2D eigenvalue weighted by atomic mass is 127. The average molecular weight is 491 g/mol. The topological polar surface area (TPSA) is 60.0 Å². The molecule has 2 N–H and O–H groups in total. The van der Waals surface area contributed by atoms with Crippen molar-refractivity contribution < 1.29 is 4.79 Å². The Bertz CT molecular complexity index is 620. The van der Waals surface area contributed by atoms with Gasteiger partial charge in [0, 0.05) is 37.6 Å². The van der Waals surface area contributed by atoms with Crippen molar-refractivity contribution in [2.45, 2.75) is 38.8 Å². The first-order chi connectivity index (χ1) is 12.2. The normalized spacial score (nSPS) is 20.5. The quantitative estimate of drug-likeness (QED) is 0.376. The minimum Gasteiger partial charge on any atom is -0.355 e. The molecule has 0 aromatic carbocycles. The van der Waals surface area contributed by atoms with Crippen LogP contribution in [0, 0.1) is 0 Å². The first kappa shape index (κ1) is 21.4. The standard InChI is InChI=1S/C18H29N5OS.HI/c1-3-22-8-4-5-15(22)11-20-18(19-2)21-12-17(24)23-9-6-16-14(13-23)7-10-25-16;/h7,10,15H,3-6,8-9,11-13H2,1-2H3,(H2,19,20,21);1H. The summed E-state index contributed by atoms with van der Waals surface area (Å²) in [6.07, 6.45) is 3.47. The highest BCUT2D eigenvalue weighted by Crippen LogP contribution is 2.23. The Kier molecular flexibility index (Phi) is 8.62. The maximum Gasteiger partial charge on any atom is 0.242 e. The van der Waals surface area contributed by atoms with E-state index in [2.05, 4.69) is 38.9 Å².